The van der Waals surface area contributed by atoms with Gasteiger partial charge in [0, 0.05) is 14.2 Å². The highest BCUT2D eigenvalue weighted by Gasteiger charge is 2.13. The van der Waals surface area contributed by atoms with Gasteiger partial charge in [0.2, 0.25) is 5.95 Å². The first-order chi connectivity index (χ1) is 9.26. The average Bonchev–Trinajstić information content (AvgIpc) is 2.77. The lowest BCUT2D eigenvalue weighted by Gasteiger charge is -2.08. The lowest BCUT2D eigenvalue weighted by Crippen LogP contribution is -2.17. The Kier molecular flexibility index (Phi) is 4.35. The molecular formula is C13H17N3O3. The molecule has 1 aromatic heterocycles. The molecule has 0 spiro atoms. The molecule has 1 N–H and O–H groups in total. The minimum Gasteiger partial charge on any atom is -0.462 e. The van der Waals surface area contributed by atoms with Crippen molar-refractivity contribution in [3.05, 3.63) is 24.3 Å². The van der Waals surface area contributed by atoms with Crippen molar-refractivity contribution >= 4 is 23.0 Å². The number of hydrogen-bond donors (Lipinski definition) is 1. The van der Waals surface area contributed by atoms with Crippen LogP contribution in [0.2, 0.25) is 0 Å². The van der Waals surface area contributed by atoms with Gasteiger partial charge < -0.3 is 14.8 Å². The number of ether oxygens (including phenoxy) is 2. The SMILES string of the molecule is CNc1nc2ccccc2n1CC(=O)OCCOC. The van der Waals surface area contributed by atoms with E-state index in [1.54, 1.807) is 18.7 Å². The number of esters is 1. The van der Waals surface area contributed by atoms with Crippen LogP contribution in [0.1, 0.15) is 0 Å². The van der Waals surface area contributed by atoms with E-state index < -0.39 is 0 Å². The number of carbonyl (C=O) groups excluding carboxylic acids is 1. The number of fused-ring (bicyclic) bond motifs is 1. The van der Waals surface area contributed by atoms with E-state index in [2.05, 4.69) is 10.3 Å². The number of rotatable bonds is 6. The minimum absolute atomic E-state index is 0.125. The molecule has 0 fully saturated rings. The van der Waals surface area contributed by atoms with Gasteiger partial charge in [-0.2, -0.15) is 0 Å². The summed E-state index contributed by atoms with van der Waals surface area (Å²) in [5.74, 6) is 0.335. The molecule has 0 aliphatic heterocycles. The van der Waals surface area contributed by atoms with Gasteiger partial charge in [0.15, 0.2) is 0 Å². The van der Waals surface area contributed by atoms with Crippen LogP contribution in [0.15, 0.2) is 24.3 Å². The molecule has 102 valence electrons. The van der Waals surface area contributed by atoms with Crippen LogP contribution in [0.3, 0.4) is 0 Å². The second-order valence-corrected chi connectivity index (χ2v) is 3.97. The summed E-state index contributed by atoms with van der Waals surface area (Å²) in [5.41, 5.74) is 1.74. The maximum Gasteiger partial charge on any atom is 0.326 e. The van der Waals surface area contributed by atoms with Gasteiger partial charge in [-0.25, -0.2) is 4.98 Å². The summed E-state index contributed by atoms with van der Waals surface area (Å²) < 4.78 is 11.7. The van der Waals surface area contributed by atoms with E-state index in [9.17, 15) is 4.79 Å². The predicted octanol–water partition coefficient (Wildman–Crippen LogP) is 1.27. The second-order valence-electron chi connectivity index (χ2n) is 3.97. The van der Waals surface area contributed by atoms with E-state index in [1.165, 1.54) is 0 Å². The summed E-state index contributed by atoms with van der Waals surface area (Å²) in [6.45, 7) is 0.784. The van der Waals surface area contributed by atoms with E-state index >= 15 is 0 Å². The number of methoxy groups -OCH3 is 1. The second kappa shape index (κ2) is 6.19. The molecule has 2 aromatic rings. The molecule has 2 rings (SSSR count). The van der Waals surface area contributed by atoms with Gasteiger partial charge in [0.1, 0.15) is 13.2 Å². The zero-order valence-corrected chi connectivity index (χ0v) is 11.0. The maximum absolute atomic E-state index is 11.7. The van der Waals surface area contributed by atoms with Crippen molar-refractivity contribution in [2.75, 3.05) is 32.7 Å². The van der Waals surface area contributed by atoms with Crippen LogP contribution in [0.5, 0.6) is 0 Å². The molecule has 6 nitrogen and oxygen atoms in total. The monoisotopic (exact) mass is 263 g/mol. The van der Waals surface area contributed by atoms with Crippen LogP contribution >= 0.6 is 0 Å². The van der Waals surface area contributed by atoms with E-state index in [1.807, 2.05) is 24.3 Å². The predicted molar refractivity (Wildman–Crippen MR) is 72.1 cm³/mol. The van der Waals surface area contributed by atoms with Crippen LogP contribution in [0.25, 0.3) is 11.0 Å². The average molecular weight is 263 g/mol. The third-order valence-electron chi connectivity index (χ3n) is 2.72. The van der Waals surface area contributed by atoms with Crippen molar-refractivity contribution < 1.29 is 14.3 Å². The molecular weight excluding hydrogens is 246 g/mol. The third-order valence-corrected chi connectivity index (χ3v) is 2.72. The van der Waals surface area contributed by atoms with Gasteiger partial charge >= 0.3 is 5.97 Å². The smallest absolute Gasteiger partial charge is 0.326 e. The minimum atomic E-state index is -0.309. The number of aromatic nitrogens is 2. The van der Waals surface area contributed by atoms with E-state index in [4.69, 9.17) is 9.47 Å². The molecule has 19 heavy (non-hydrogen) atoms. The number of nitrogens with zero attached hydrogens (tertiary/aromatic N) is 2. The normalized spacial score (nSPS) is 10.6. The van der Waals surface area contributed by atoms with Crippen LogP contribution in [-0.4, -0.2) is 42.9 Å². The maximum atomic E-state index is 11.7. The van der Waals surface area contributed by atoms with Gasteiger partial charge in [0.25, 0.3) is 0 Å². The molecule has 0 radical (unpaired) electrons. The Morgan fingerprint density at radius 3 is 2.89 bits per heavy atom. The first-order valence-corrected chi connectivity index (χ1v) is 6.04. The summed E-state index contributed by atoms with van der Waals surface area (Å²) in [7, 11) is 3.34. The van der Waals surface area contributed by atoms with Gasteiger partial charge in [-0.1, -0.05) is 12.1 Å². The van der Waals surface area contributed by atoms with Gasteiger partial charge in [-0.05, 0) is 12.1 Å². The largest absolute Gasteiger partial charge is 0.462 e. The summed E-state index contributed by atoms with van der Waals surface area (Å²) in [5, 5.41) is 2.98. The first-order valence-electron chi connectivity index (χ1n) is 6.04. The van der Waals surface area contributed by atoms with Crippen LogP contribution in [0.4, 0.5) is 5.95 Å². The van der Waals surface area contributed by atoms with Crippen LogP contribution in [-0.2, 0) is 20.8 Å². The Morgan fingerprint density at radius 1 is 1.37 bits per heavy atom. The molecule has 0 unspecified atom stereocenters. The number of hydrogen-bond acceptors (Lipinski definition) is 5. The van der Waals surface area contributed by atoms with Crippen molar-refractivity contribution in [1.82, 2.24) is 9.55 Å². The number of anilines is 1. The fourth-order valence-corrected chi connectivity index (χ4v) is 1.84. The Labute approximate surface area is 111 Å². The van der Waals surface area contributed by atoms with Gasteiger partial charge in [-0.15, -0.1) is 0 Å². The van der Waals surface area contributed by atoms with Gasteiger partial charge in [-0.3, -0.25) is 9.36 Å². The van der Waals surface area contributed by atoms with Crippen molar-refractivity contribution in [2.24, 2.45) is 0 Å². The van der Waals surface area contributed by atoms with Gasteiger partial charge in [0.05, 0.1) is 17.6 Å². The van der Waals surface area contributed by atoms with E-state index in [-0.39, 0.29) is 19.1 Å². The molecule has 0 bridgehead atoms. The highest BCUT2D eigenvalue weighted by molar-refractivity contribution is 5.81. The van der Waals surface area contributed by atoms with Crippen molar-refractivity contribution in [3.8, 4) is 0 Å². The molecule has 1 aromatic carbocycles. The highest BCUT2D eigenvalue weighted by Crippen LogP contribution is 2.18. The number of benzene rings is 1. The van der Waals surface area contributed by atoms with Crippen molar-refractivity contribution in [2.45, 2.75) is 6.54 Å². The zero-order valence-electron chi connectivity index (χ0n) is 11.0. The lowest BCUT2D eigenvalue weighted by molar-refractivity contribution is -0.145. The highest BCUT2D eigenvalue weighted by atomic mass is 16.6. The molecule has 0 aliphatic rings. The Morgan fingerprint density at radius 2 is 2.16 bits per heavy atom. The Bertz CT molecular complexity index is 565. The standard InChI is InChI=1S/C13H17N3O3/c1-14-13-15-10-5-3-4-6-11(10)16(13)9-12(17)19-8-7-18-2/h3-6H,7-9H2,1-2H3,(H,14,15). The number of carbonyl (C=O) groups is 1. The first kappa shape index (κ1) is 13.4. The molecule has 0 saturated heterocycles. The topological polar surface area (TPSA) is 65.4 Å². The third kappa shape index (κ3) is 3.03. The summed E-state index contributed by atoms with van der Waals surface area (Å²) in [6.07, 6.45) is 0. The quantitative estimate of drug-likeness (QED) is 0.628. The summed E-state index contributed by atoms with van der Waals surface area (Å²) in [6, 6.07) is 7.65. The molecule has 0 amide bonds. The van der Waals surface area contributed by atoms with Crippen LogP contribution < -0.4 is 5.32 Å². The lowest BCUT2D eigenvalue weighted by atomic mass is 10.3. The van der Waals surface area contributed by atoms with Crippen molar-refractivity contribution in [1.29, 1.82) is 0 Å². The molecule has 0 aliphatic carbocycles. The molecule has 0 atom stereocenters. The molecule has 0 saturated carbocycles. The summed E-state index contributed by atoms with van der Waals surface area (Å²) in [4.78, 5) is 16.1. The Balaban J connectivity index is 2.16. The molecule has 6 heteroatoms. The number of para-hydroxylation sites is 2. The summed E-state index contributed by atoms with van der Waals surface area (Å²) >= 11 is 0. The van der Waals surface area contributed by atoms with E-state index in [0.29, 0.717) is 12.6 Å². The Hall–Kier alpha value is -2.08. The fraction of sp³-hybridized carbons (Fsp3) is 0.385. The zero-order chi connectivity index (χ0) is 13.7. The number of imidazole rings is 1. The van der Waals surface area contributed by atoms with Crippen LogP contribution in [0, 0.1) is 0 Å². The fourth-order valence-electron chi connectivity index (χ4n) is 1.84. The number of nitrogens with one attached hydrogen (secondary N) is 1. The van der Waals surface area contributed by atoms with Crippen molar-refractivity contribution in [3.63, 3.8) is 0 Å². The molecule has 1 heterocycles. The van der Waals surface area contributed by atoms with E-state index in [0.717, 1.165) is 11.0 Å².